The molecule has 1 saturated carbocycles. The Morgan fingerprint density at radius 2 is 2.05 bits per heavy atom. The standard InChI is InChI=1S/C15H23ClN2O2S/c1-3-9-18(13-5-6-13)21(19,20)14-7-8-15(16)12(10-14)11-17-4-2/h7-8,10,13,17H,3-6,9,11H2,1-2H3. The van der Waals surface area contributed by atoms with Crippen LogP contribution in [0.4, 0.5) is 0 Å². The SMILES string of the molecule is CCCN(C1CC1)S(=O)(=O)c1ccc(Cl)c(CNCC)c1. The van der Waals surface area contributed by atoms with Gasteiger partial charge in [0.05, 0.1) is 4.90 Å². The molecule has 0 atom stereocenters. The monoisotopic (exact) mass is 330 g/mol. The minimum atomic E-state index is -3.42. The fourth-order valence-electron chi connectivity index (χ4n) is 2.32. The lowest BCUT2D eigenvalue weighted by atomic mass is 10.2. The Balaban J connectivity index is 2.30. The van der Waals surface area contributed by atoms with Gasteiger partial charge in [0, 0.05) is 24.2 Å². The fourth-order valence-corrected chi connectivity index (χ4v) is 4.34. The summed E-state index contributed by atoms with van der Waals surface area (Å²) in [7, 11) is -3.42. The van der Waals surface area contributed by atoms with E-state index in [0.29, 0.717) is 23.0 Å². The van der Waals surface area contributed by atoms with Gasteiger partial charge in [-0.15, -0.1) is 0 Å². The van der Waals surface area contributed by atoms with E-state index >= 15 is 0 Å². The second-order valence-electron chi connectivity index (χ2n) is 5.38. The van der Waals surface area contributed by atoms with Gasteiger partial charge >= 0.3 is 0 Å². The van der Waals surface area contributed by atoms with Crippen LogP contribution >= 0.6 is 11.6 Å². The molecule has 0 aliphatic heterocycles. The van der Waals surface area contributed by atoms with Crippen LogP contribution in [-0.4, -0.2) is 31.9 Å². The highest BCUT2D eigenvalue weighted by molar-refractivity contribution is 7.89. The Labute approximate surface area is 132 Å². The molecule has 1 aliphatic rings. The number of halogens is 1. The lowest BCUT2D eigenvalue weighted by molar-refractivity contribution is 0.403. The van der Waals surface area contributed by atoms with Crippen molar-refractivity contribution in [3.63, 3.8) is 0 Å². The van der Waals surface area contributed by atoms with Gasteiger partial charge in [-0.05, 0) is 49.6 Å². The van der Waals surface area contributed by atoms with Crippen molar-refractivity contribution in [2.24, 2.45) is 0 Å². The molecule has 0 aromatic heterocycles. The molecule has 1 aromatic carbocycles. The van der Waals surface area contributed by atoms with Crippen molar-refractivity contribution in [3.05, 3.63) is 28.8 Å². The highest BCUT2D eigenvalue weighted by Crippen LogP contribution is 2.33. The third kappa shape index (κ3) is 3.97. The molecule has 118 valence electrons. The summed E-state index contributed by atoms with van der Waals surface area (Å²) in [5.74, 6) is 0. The van der Waals surface area contributed by atoms with Gasteiger partial charge in [-0.2, -0.15) is 4.31 Å². The summed E-state index contributed by atoms with van der Waals surface area (Å²) in [6.45, 7) is 5.99. The molecule has 0 saturated heterocycles. The van der Waals surface area contributed by atoms with Crippen LogP contribution in [0.25, 0.3) is 0 Å². The summed E-state index contributed by atoms with van der Waals surface area (Å²) in [6.07, 6.45) is 2.77. The Kier molecular flexibility index (Phi) is 5.66. The maximum Gasteiger partial charge on any atom is 0.243 e. The van der Waals surface area contributed by atoms with E-state index < -0.39 is 10.0 Å². The Morgan fingerprint density at radius 1 is 1.33 bits per heavy atom. The van der Waals surface area contributed by atoms with Crippen LogP contribution in [0, 0.1) is 0 Å². The highest BCUT2D eigenvalue weighted by atomic mass is 35.5. The van der Waals surface area contributed by atoms with E-state index in [-0.39, 0.29) is 6.04 Å². The molecule has 0 heterocycles. The van der Waals surface area contributed by atoms with Gasteiger partial charge in [-0.3, -0.25) is 0 Å². The van der Waals surface area contributed by atoms with Crippen molar-refractivity contribution in [3.8, 4) is 0 Å². The van der Waals surface area contributed by atoms with Crippen molar-refractivity contribution < 1.29 is 8.42 Å². The molecule has 2 rings (SSSR count). The number of nitrogens with zero attached hydrogens (tertiary/aromatic N) is 1. The molecule has 0 bridgehead atoms. The zero-order chi connectivity index (χ0) is 15.5. The number of nitrogens with one attached hydrogen (secondary N) is 1. The summed E-state index contributed by atoms with van der Waals surface area (Å²) in [5, 5.41) is 3.78. The van der Waals surface area contributed by atoms with Crippen molar-refractivity contribution in [1.82, 2.24) is 9.62 Å². The molecule has 0 amide bonds. The topological polar surface area (TPSA) is 49.4 Å². The quantitative estimate of drug-likeness (QED) is 0.797. The molecule has 0 unspecified atom stereocenters. The second-order valence-corrected chi connectivity index (χ2v) is 7.68. The summed E-state index contributed by atoms with van der Waals surface area (Å²) in [5.41, 5.74) is 0.826. The molecule has 1 fully saturated rings. The number of hydrogen-bond donors (Lipinski definition) is 1. The summed E-state index contributed by atoms with van der Waals surface area (Å²) >= 11 is 6.15. The first-order valence-corrected chi connectivity index (χ1v) is 9.33. The Bertz CT molecular complexity index is 585. The molecule has 4 nitrogen and oxygen atoms in total. The molecular formula is C15H23ClN2O2S. The predicted molar refractivity (Wildman–Crippen MR) is 86.0 cm³/mol. The third-order valence-electron chi connectivity index (χ3n) is 3.59. The van der Waals surface area contributed by atoms with E-state index in [1.165, 1.54) is 0 Å². The van der Waals surface area contributed by atoms with Gasteiger partial charge in [0.2, 0.25) is 10.0 Å². The van der Waals surface area contributed by atoms with Crippen LogP contribution in [0.3, 0.4) is 0 Å². The summed E-state index contributed by atoms with van der Waals surface area (Å²) in [4.78, 5) is 0.347. The van der Waals surface area contributed by atoms with Crippen molar-refractivity contribution >= 4 is 21.6 Å². The van der Waals surface area contributed by atoms with E-state index in [1.54, 1.807) is 22.5 Å². The zero-order valence-electron chi connectivity index (χ0n) is 12.6. The molecule has 1 aliphatic carbocycles. The fraction of sp³-hybridized carbons (Fsp3) is 0.600. The first kappa shape index (κ1) is 16.7. The van der Waals surface area contributed by atoms with Crippen LogP contribution in [0.2, 0.25) is 5.02 Å². The van der Waals surface area contributed by atoms with Crippen LogP contribution in [0.5, 0.6) is 0 Å². The van der Waals surface area contributed by atoms with Crippen LogP contribution in [-0.2, 0) is 16.6 Å². The number of sulfonamides is 1. The number of benzene rings is 1. The molecule has 21 heavy (non-hydrogen) atoms. The van der Waals surface area contributed by atoms with Crippen molar-refractivity contribution in [1.29, 1.82) is 0 Å². The molecule has 1 aromatic rings. The van der Waals surface area contributed by atoms with E-state index in [2.05, 4.69) is 5.32 Å². The normalized spacial score (nSPS) is 15.6. The molecule has 0 radical (unpaired) electrons. The van der Waals surface area contributed by atoms with Gasteiger partial charge in [-0.1, -0.05) is 25.4 Å². The lowest BCUT2D eigenvalue weighted by Crippen LogP contribution is -2.33. The van der Waals surface area contributed by atoms with Crippen LogP contribution in [0.1, 0.15) is 38.7 Å². The molecular weight excluding hydrogens is 308 g/mol. The first-order valence-electron chi connectivity index (χ1n) is 7.51. The molecule has 1 N–H and O–H groups in total. The van der Waals surface area contributed by atoms with Crippen LogP contribution < -0.4 is 5.32 Å². The maximum absolute atomic E-state index is 12.8. The van der Waals surface area contributed by atoms with E-state index in [1.807, 2.05) is 13.8 Å². The largest absolute Gasteiger partial charge is 0.313 e. The second kappa shape index (κ2) is 7.09. The lowest BCUT2D eigenvalue weighted by Gasteiger charge is -2.21. The smallest absolute Gasteiger partial charge is 0.243 e. The zero-order valence-corrected chi connectivity index (χ0v) is 14.2. The highest BCUT2D eigenvalue weighted by Gasteiger charge is 2.37. The van der Waals surface area contributed by atoms with Gasteiger partial charge in [0.15, 0.2) is 0 Å². The minimum absolute atomic E-state index is 0.183. The summed E-state index contributed by atoms with van der Waals surface area (Å²) in [6, 6.07) is 5.17. The molecule has 6 heteroatoms. The van der Waals surface area contributed by atoms with Crippen molar-refractivity contribution in [2.75, 3.05) is 13.1 Å². The average Bonchev–Trinajstić information content (AvgIpc) is 3.28. The van der Waals surface area contributed by atoms with Gasteiger partial charge in [0.1, 0.15) is 0 Å². The molecule has 0 spiro atoms. The maximum atomic E-state index is 12.8. The number of rotatable bonds is 8. The Hall–Kier alpha value is -0.620. The van der Waals surface area contributed by atoms with Crippen LogP contribution in [0.15, 0.2) is 23.1 Å². The first-order chi connectivity index (χ1) is 10.0. The summed E-state index contributed by atoms with van der Waals surface area (Å²) < 4.78 is 27.3. The predicted octanol–water partition coefficient (Wildman–Crippen LogP) is 3.01. The van der Waals surface area contributed by atoms with E-state index in [4.69, 9.17) is 11.6 Å². The van der Waals surface area contributed by atoms with E-state index in [9.17, 15) is 8.42 Å². The minimum Gasteiger partial charge on any atom is -0.313 e. The van der Waals surface area contributed by atoms with E-state index in [0.717, 1.165) is 31.4 Å². The van der Waals surface area contributed by atoms with Gasteiger partial charge < -0.3 is 5.32 Å². The van der Waals surface area contributed by atoms with Gasteiger partial charge in [0.25, 0.3) is 0 Å². The van der Waals surface area contributed by atoms with Gasteiger partial charge in [-0.25, -0.2) is 8.42 Å². The average molecular weight is 331 g/mol. The Morgan fingerprint density at radius 3 is 2.62 bits per heavy atom. The third-order valence-corrected chi connectivity index (χ3v) is 5.90. The van der Waals surface area contributed by atoms with Crippen molar-refractivity contribution in [2.45, 2.75) is 50.6 Å². The number of hydrogen-bond acceptors (Lipinski definition) is 3.